The van der Waals surface area contributed by atoms with Crippen LogP contribution < -0.4 is 5.32 Å². The highest BCUT2D eigenvalue weighted by molar-refractivity contribution is 7.87. The Morgan fingerprint density at radius 1 is 1.73 bits per heavy atom. The number of nitrogens with one attached hydrogen (secondary N) is 1. The minimum absolute atomic E-state index is 0.217. The second-order valence-corrected chi connectivity index (χ2v) is 4.43. The lowest BCUT2D eigenvalue weighted by Gasteiger charge is -2.10. The van der Waals surface area contributed by atoms with Crippen molar-refractivity contribution in [2.24, 2.45) is 0 Å². The highest BCUT2D eigenvalue weighted by Crippen LogP contribution is 2.18. The number of fused-ring (bicyclic) bond motifs is 1. The average molecular weight is 190 g/mol. The summed E-state index contributed by atoms with van der Waals surface area (Å²) in [6.07, 6.45) is 0. The molecule has 0 bridgehead atoms. The minimum atomic E-state index is -1.05. The van der Waals surface area contributed by atoms with Gasteiger partial charge in [-0.15, -0.1) is 0 Å². The summed E-state index contributed by atoms with van der Waals surface area (Å²) in [6.45, 7) is 0.634. The molecule has 2 rings (SSSR count). The van der Waals surface area contributed by atoms with Gasteiger partial charge in [0.05, 0.1) is 10.8 Å². The van der Waals surface area contributed by atoms with Crippen LogP contribution in [0.5, 0.6) is 0 Å². The second-order valence-electron chi connectivity index (χ2n) is 2.43. The van der Waals surface area contributed by atoms with Gasteiger partial charge in [-0.1, -0.05) is 0 Å². The normalized spacial score (nSPS) is 35.8. The molecular weight excluding hydrogens is 184 g/mol. The molecule has 2 heterocycles. The fraction of sp³-hybridized carbons (Fsp3) is 0.600. The van der Waals surface area contributed by atoms with Gasteiger partial charge in [-0.2, -0.15) is 0 Å². The summed E-state index contributed by atoms with van der Waals surface area (Å²) in [7, 11) is -1.05. The van der Waals surface area contributed by atoms with Crippen LogP contribution in [0.4, 0.5) is 0 Å². The molecule has 0 spiro atoms. The SMILES string of the molecule is O=C1NC(=S)N2CCS(=O)C12. The van der Waals surface area contributed by atoms with E-state index in [0.717, 1.165) is 0 Å². The van der Waals surface area contributed by atoms with Crippen molar-refractivity contribution in [2.45, 2.75) is 5.37 Å². The van der Waals surface area contributed by atoms with Gasteiger partial charge < -0.3 is 10.2 Å². The molecule has 4 nitrogen and oxygen atoms in total. The Balaban J connectivity index is 2.35. The number of thiocarbonyl (C=S) groups is 1. The zero-order valence-electron chi connectivity index (χ0n) is 5.57. The molecule has 2 atom stereocenters. The van der Waals surface area contributed by atoms with Gasteiger partial charge in [0.2, 0.25) is 0 Å². The third-order valence-corrected chi connectivity index (χ3v) is 3.67. The number of amides is 1. The minimum Gasteiger partial charge on any atom is -0.325 e. The molecule has 2 unspecified atom stereocenters. The smallest absolute Gasteiger partial charge is 0.262 e. The zero-order valence-corrected chi connectivity index (χ0v) is 7.20. The van der Waals surface area contributed by atoms with E-state index in [2.05, 4.69) is 5.32 Å². The van der Waals surface area contributed by atoms with Crippen LogP contribution >= 0.6 is 12.2 Å². The largest absolute Gasteiger partial charge is 0.325 e. The van der Waals surface area contributed by atoms with Gasteiger partial charge in [-0.3, -0.25) is 9.00 Å². The topological polar surface area (TPSA) is 49.4 Å². The van der Waals surface area contributed by atoms with E-state index in [1.807, 2.05) is 0 Å². The van der Waals surface area contributed by atoms with Gasteiger partial charge >= 0.3 is 0 Å². The van der Waals surface area contributed by atoms with E-state index in [4.69, 9.17) is 12.2 Å². The molecule has 2 aliphatic heterocycles. The van der Waals surface area contributed by atoms with Crippen molar-refractivity contribution in [3.8, 4) is 0 Å². The van der Waals surface area contributed by atoms with Gasteiger partial charge in [0, 0.05) is 12.3 Å². The maximum Gasteiger partial charge on any atom is 0.262 e. The summed E-state index contributed by atoms with van der Waals surface area (Å²) in [4.78, 5) is 12.7. The molecule has 0 aromatic rings. The Hall–Kier alpha value is -0.490. The zero-order chi connectivity index (χ0) is 8.01. The first kappa shape index (κ1) is 7.17. The molecule has 0 aliphatic carbocycles. The van der Waals surface area contributed by atoms with Crippen LogP contribution in [0.25, 0.3) is 0 Å². The summed E-state index contributed by atoms with van der Waals surface area (Å²) in [6, 6.07) is 0. The first-order chi connectivity index (χ1) is 5.20. The van der Waals surface area contributed by atoms with Crippen LogP contribution in [0.1, 0.15) is 0 Å². The molecule has 1 N–H and O–H groups in total. The molecule has 60 valence electrons. The van der Waals surface area contributed by atoms with E-state index >= 15 is 0 Å². The predicted octanol–water partition coefficient (Wildman–Crippen LogP) is -1.21. The fourth-order valence-electron chi connectivity index (χ4n) is 1.27. The highest BCUT2D eigenvalue weighted by Gasteiger charge is 2.44. The number of nitrogens with zero attached hydrogens (tertiary/aromatic N) is 1. The van der Waals surface area contributed by atoms with Crippen molar-refractivity contribution in [2.75, 3.05) is 12.3 Å². The Kier molecular flexibility index (Phi) is 1.47. The molecule has 2 saturated heterocycles. The van der Waals surface area contributed by atoms with Crippen molar-refractivity contribution in [1.29, 1.82) is 0 Å². The molecule has 0 saturated carbocycles. The lowest BCUT2D eigenvalue weighted by Crippen LogP contribution is -2.30. The molecule has 0 aromatic carbocycles. The monoisotopic (exact) mass is 190 g/mol. The maximum atomic E-state index is 11.2. The molecule has 6 heteroatoms. The third-order valence-electron chi connectivity index (χ3n) is 1.78. The Labute approximate surface area is 71.4 Å². The van der Waals surface area contributed by atoms with E-state index in [9.17, 15) is 9.00 Å². The Morgan fingerprint density at radius 2 is 2.45 bits per heavy atom. The van der Waals surface area contributed by atoms with Crippen LogP contribution in [-0.4, -0.2) is 37.8 Å². The van der Waals surface area contributed by atoms with Crippen molar-refractivity contribution in [1.82, 2.24) is 10.2 Å². The van der Waals surface area contributed by atoms with Crippen LogP contribution in [-0.2, 0) is 15.6 Å². The van der Waals surface area contributed by atoms with E-state index in [0.29, 0.717) is 17.4 Å². The number of hydrogen-bond donors (Lipinski definition) is 1. The third kappa shape index (κ3) is 0.893. The maximum absolute atomic E-state index is 11.2. The molecule has 11 heavy (non-hydrogen) atoms. The summed E-state index contributed by atoms with van der Waals surface area (Å²) >= 11 is 4.85. The first-order valence-electron chi connectivity index (χ1n) is 3.19. The van der Waals surface area contributed by atoms with Gasteiger partial charge in [0.1, 0.15) is 0 Å². The number of carbonyl (C=O) groups is 1. The van der Waals surface area contributed by atoms with Crippen LogP contribution in [0, 0.1) is 0 Å². The number of carbonyl (C=O) groups excluding carboxylic acids is 1. The fourth-order valence-corrected chi connectivity index (χ4v) is 3.02. The number of rotatable bonds is 0. The lowest BCUT2D eigenvalue weighted by molar-refractivity contribution is -0.119. The van der Waals surface area contributed by atoms with Gasteiger partial charge in [-0.05, 0) is 12.2 Å². The van der Waals surface area contributed by atoms with Crippen LogP contribution in [0.15, 0.2) is 0 Å². The molecular formula is C5H6N2O2S2. The first-order valence-corrected chi connectivity index (χ1v) is 4.98. The Bertz CT molecular complexity index is 263. The van der Waals surface area contributed by atoms with E-state index in [-0.39, 0.29) is 5.91 Å². The Morgan fingerprint density at radius 3 is 3.09 bits per heavy atom. The van der Waals surface area contributed by atoms with Crippen molar-refractivity contribution >= 4 is 34.0 Å². The highest BCUT2D eigenvalue weighted by atomic mass is 32.2. The molecule has 0 radical (unpaired) electrons. The summed E-state index contributed by atoms with van der Waals surface area (Å²) in [5.41, 5.74) is 0. The second kappa shape index (κ2) is 2.25. The lowest BCUT2D eigenvalue weighted by atomic mass is 10.6. The predicted molar refractivity (Wildman–Crippen MR) is 44.2 cm³/mol. The summed E-state index contributed by atoms with van der Waals surface area (Å²) < 4.78 is 11.2. The quantitative estimate of drug-likeness (QED) is 0.487. The summed E-state index contributed by atoms with van der Waals surface area (Å²) in [5, 5.41) is 2.40. The standard InChI is InChI=1S/C5H6N2O2S2/c8-3-4-7(5(10)6-3)1-2-11(4)9/h4H,1-2H2,(H,6,8,10). The van der Waals surface area contributed by atoms with Gasteiger partial charge in [0.15, 0.2) is 10.5 Å². The van der Waals surface area contributed by atoms with Crippen LogP contribution in [0.3, 0.4) is 0 Å². The van der Waals surface area contributed by atoms with Crippen molar-refractivity contribution in [3.05, 3.63) is 0 Å². The van der Waals surface area contributed by atoms with Crippen LogP contribution in [0.2, 0.25) is 0 Å². The molecule has 0 aromatic heterocycles. The molecule has 2 aliphatic rings. The van der Waals surface area contributed by atoms with Gasteiger partial charge in [0.25, 0.3) is 5.91 Å². The average Bonchev–Trinajstić information content (AvgIpc) is 2.41. The van der Waals surface area contributed by atoms with Crippen molar-refractivity contribution < 1.29 is 9.00 Å². The van der Waals surface area contributed by atoms with E-state index in [1.54, 1.807) is 4.90 Å². The molecule has 1 amide bonds. The number of hydrogen-bond acceptors (Lipinski definition) is 3. The van der Waals surface area contributed by atoms with E-state index < -0.39 is 16.2 Å². The van der Waals surface area contributed by atoms with Crippen molar-refractivity contribution in [3.63, 3.8) is 0 Å². The van der Waals surface area contributed by atoms with E-state index in [1.165, 1.54) is 0 Å². The summed E-state index contributed by atoms with van der Waals surface area (Å²) in [5.74, 6) is 0.337. The van der Waals surface area contributed by atoms with Gasteiger partial charge in [-0.25, -0.2) is 0 Å². The molecule has 2 fully saturated rings.